The van der Waals surface area contributed by atoms with Gasteiger partial charge in [0.25, 0.3) is 11.5 Å². The number of imidazole rings is 1. The third-order valence-electron chi connectivity index (χ3n) is 6.57. The second kappa shape index (κ2) is 7.87. The molecule has 5 rings (SSSR count). The van der Waals surface area contributed by atoms with Gasteiger partial charge >= 0.3 is 0 Å². The lowest BCUT2D eigenvalue weighted by atomic mass is 9.77. The summed E-state index contributed by atoms with van der Waals surface area (Å²) in [5, 5.41) is 2.82. The van der Waals surface area contributed by atoms with Gasteiger partial charge in [0.05, 0.1) is 12.2 Å². The Morgan fingerprint density at radius 1 is 1.16 bits per heavy atom. The number of rotatable bonds is 6. The minimum absolute atomic E-state index is 0.0970. The Bertz CT molecular complexity index is 1370. The fourth-order valence-corrected chi connectivity index (χ4v) is 4.24. The molecule has 0 saturated heterocycles. The number of carbonyl (C=O) groups excluding carboxylic acids is 1. The van der Waals surface area contributed by atoms with E-state index in [1.54, 1.807) is 24.4 Å². The van der Waals surface area contributed by atoms with Crippen molar-refractivity contribution in [3.8, 4) is 0 Å². The van der Waals surface area contributed by atoms with Crippen LogP contribution in [0.2, 0.25) is 0 Å². The van der Waals surface area contributed by atoms with Crippen LogP contribution >= 0.6 is 0 Å². The third kappa shape index (κ3) is 3.78. The van der Waals surface area contributed by atoms with Crippen LogP contribution in [0.4, 0.5) is 0 Å². The molecule has 0 atom stereocenters. The molecule has 4 heterocycles. The maximum atomic E-state index is 12.6. The summed E-state index contributed by atoms with van der Waals surface area (Å²) < 4.78 is 3.40. The second-order valence-corrected chi connectivity index (χ2v) is 8.83. The van der Waals surface area contributed by atoms with Crippen molar-refractivity contribution < 1.29 is 4.79 Å². The van der Waals surface area contributed by atoms with Crippen molar-refractivity contribution in [2.24, 2.45) is 0 Å². The van der Waals surface area contributed by atoms with Crippen LogP contribution in [0, 0.1) is 0 Å². The summed E-state index contributed by atoms with van der Waals surface area (Å²) in [6, 6.07) is 10.6. The molecule has 1 aliphatic rings. The Hall–Kier alpha value is -3.52. The van der Waals surface area contributed by atoms with Gasteiger partial charge in [-0.15, -0.1) is 0 Å². The summed E-state index contributed by atoms with van der Waals surface area (Å²) in [5.74, 6) is -0.401. The van der Waals surface area contributed by atoms with Gasteiger partial charge in [-0.3, -0.25) is 18.9 Å². The molecule has 8 heteroatoms. The molecule has 164 valence electrons. The lowest BCUT2D eigenvalue weighted by Gasteiger charge is -2.46. The largest absolute Gasteiger partial charge is 0.345 e. The van der Waals surface area contributed by atoms with Crippen LogP contribution in [0.5, 0.6) is 0 Å². The van der Waals surface area contributed by atoms with E-state index in [9.17, 15) is 9.59 Å². The molecule has 0 aromatic carbocycles. The molecular formula is C24H26N6O2. The van der Waals surface area contributed by atoms with E-state index >= 15 is 0 Å². The first-order valence-corrected chi connectivity index (χ1v) is 10.9. The van der Waals surface area contributed by atoms with Gasteiger partial charge in [-0.2, -0.15) is 0 Å². The number of hydrogen-bond acceptors (Lipinski definition) is 5. The van der Waals surface area contributed by atoms with Gasteiger partial charge in [0.1, 0.15) is 17.0 Å². The van der Waals surface area contributed by atoms with Crippen molar-refractivity contribution in [1.82, 2.24) is 29.0 Å². The van der Waals surface area contributed by atoms with Crippen molar-refractivity contribution in [3.05, 3.63) is 82.3 Å². The molecule has 32 heavy (non-hydrogen) atoms. The number of pyridine rings is 2. The van der Waals surface area contributed by atoms with Crippen LogP contribution in [0.15, 0.2) is 59.8 Å². The first kappa shape index (κ1) is 20.4. The Balaban J connectivity index is 1.28. The number of hydrogen-bond donors (Lipinski definition) is 1. The minimum Gasteiger partial charge on any atom is -0.345 e. The average Bonchev–Trinajstić information content (AvgIpc) is 3.18. The maximum absolute atomic E-state index is 12.6. The van der Waals surface area contributed by atoms with E-state index in [-0.39, 0.29) is 17.8 Å². The maximum Gasteiger partial charge on any atom is 0.270 e. The molecule has 1 amide bonds. The number of nitrogens with one attached hydrogen (secondary N) is 1. The Kier molecular flexibility index (Phi) is 5.01. The van der Waals surface area contributed by atoms with E-state index in [0.29, 0.717) is 11.2 Å². The zero-order valence-electron chi connectivity index (χ0n) is 18.3. The van der Waals surface area contributed by atoms with Crippen molar-refractivity contribution in [2.45, 2.75) is 44.8 Å². The van der Waals surface area contributed by atoms with Gasteiger partial charge < -0.3 is 9.72 Å². The second-order valence-electron chi connectivity index (χ2n) is 8.83. The minimum atomic E-state index is -0.401. The lowest BCUT2D eigenvalue weighted by Crippen LogP contribution is -2.48. The predicted molar refractivity (Wildman–Crippen MR) is 122 cm³/mol. The SMILES string of the molecule is CN(Cc1ccc2nc(CNC(=O)c3cc(=O)n4ccccc4n3)cn2c1)C1(C)CCC1. The number of fused-ring (bicyclic) bond motifs is 2. The predicted octanol–water partition coefficient (Wildman–Crippen LogP) is 2.65. The van der Waals surface area contributed by atoms with Crippen molar-refractivity contribution in [2.75, 3.05) is 7.05 Å². The fourth-order valence-electron chi connectivity index (χ4n) is 4.24. The van der Waals surface area contributed by atoms with Crippen molar-refractivity contribution in [1.29, 1.82) is 0 Å². The molecule has 4 aromatic rings. The van der Waals surface area contributed by atoms with E-state index in [1.807, 2.05) is 16.7 Å². The zero-order valence-corrected chi connectivity index (χ0v) is 18.3. The van der Waals surface area contributed by atoms with E-state index in [4.69, 9.17) is 0 Å². The van der Waals surface area contributed by atoms with Crippen LogP contribution in [0.25, 0.3) is 11.3 Å². The van der Waals surface area contributed by atoms with E-state index in [1.165, 1.54) is 35.3 Å². The molecule has 1 saturated carbocycles. The lowest BCUT2D eigenvalue weighted by molar-refractivity contribution is 0.0495. The normalized spacial score (nSPS) is 15.2. The highest BCUT2D eigenvalue weighted by molar-refractivity contribution is 5.92. The van der Waals surface area contributed by atoms with Crippen molar-refractivity contribution in [3.63, 3.8) is 0 Å². The summed E-state index contributed by atoms with van der Waals surface area (Å²) in [7, 11) is 2.19. The molecule has 0 aliphatic heterocycles. The molecule has 0 radical (unpaired) electrons. The quantitative estimate of drug-likeness (QED) is 0.508. The standard InChI is InChI=1S/C24H26N6O2/c1-24(9-5-10-24)28(2)14-17-7-8-20-26-18(16-29(20)15-17)13-25-23(32)19-12-22(31)30-11-4-3-6-21(30)27-19/h3-4,6-8,11-12,15-16H,5,9-10,13-14H2,1-2H3,(H,25,32). The number of nitrogens with zero attached hydrogens (tertiary/aromatic N) is 5. The highest BCUT2D eigenvalue weighted by atomic mass is 16.2. The summed E-state index contributed by atoms with van der Waals surface area (Å²) in [6.07, 6.45) is 9.45. The summed E-state index contributed by atoms with van der Waals surface area (Å²) in [5.41, 5.74) is 3.35. The molecule has 8 nitrogen and oxygen atoms in total. The van der Waals surface area contributed by atoms with Crippen molar-refractivity contribution >= 4 is 17.2 Å². The Morgan fingerprint density at radius 2 is 2.00 bits per heavy atom. The van der Waals surface area contributed by atoms with E-state index < -0.39 is 5.91 Å². The third-order valence-corrected chi connectivity index (χ3v) is 6.57. The van der Waals surface area contributed by atoms with Gasteiger partial charge in [0.15, 0.2) is 0 Å². The first-order chi connectivity index (χ1) is 15.4. The molecule has 1 N–H and O–H groups in total. The summed E-state index contributed by atoms with van der Waals surface area (Å²) >= 11 is 0. The van der Waals surface area contributed by atoms with Gasteiger partial charge in [0.2, 0.25) is 0 Å². The Labute approximate surface area is 185 Å². The van der Waals surface area contributed by atoms with E-state index in [2.05, 4.69) is 46.4 Å². The van der Waals surface area contributed by atoms with Gasteiger partial charge in [-0.25, -0.2) is 9.97 Å². The van der Waals surface area contributed by atoms with Gasteiger partial charge in [0, 0.05) is 36.7 Å². The molecule has 1 aliphatic carbocycles. The monoisotopic (exact) mass is 430 g/mol. The average molecular weight is 431 g/mol. The van der Waals surface area contributed by atoms with Crippen LogP contribution in [0.1, 0.15) is 47.9 Å². The van der Waals surface area contributed by atoms with Crippen LogP contribution in [-0.4, -0.2) is 42.2 Å². The molecular weight excluding hydrogens is 404 g/mol. The number of amides is 1. The van der Waals surface area contributed by atoms with Crippen LogP contribution < -0.4 is 10.9 Å². The molecule has 1 fully saturated rings. The van der Waals surface area contributed by atoms with Gasteiger partial charge in [-0.1, -0.05) is 12.1 Å². The first-order valence-electron chi connectivity index (χ1n) is 10.9. The van der Waals surface area contributed by atoms with Gasteiger partial charge in [-0.05, 0) is 57.0 Å². The number of aromatic nitrogens is 4. The molecule has 4 aromatic heterocycles. The number of carbonyl (C=O) groups is 1. The summed E-state index contributed by atoms with van der Waals surface area (Å²) in [6.45, 7) is 3.47. The van der Waals surface area contributed by atoms with E-state index in [0.717, 1.165) is 17.9 Å². The Morgan fingerprint density at radius 3 is 2.78 bits per heavy atom. The van der Waals surface area contributed by atoms with Crippen LogP contribution in [0.3, 0.4) is 0 Å². The van der Waals surface area contributed by atoms with Crippen LogP contribution in [-0.2, 0) is 13.1 Å². The highest BCUT2D eigenvalue weighted by Crippen LogP contribution is 2.36. The summed E-state index contributed by atoms with van der Waals surface area (Å²) in [4.78, 5) is 36.1. The molecule has 0 unspecified atom stereocenters. The highest BCUT2D eigenvalue weighted by Gasteiger charge is 2.35. The molecule has 0 spiro atoms. The smallest absolute Gasteiger partial charge is 0.270 e. The zero-order chi connectivity index (χ0) is 22.3. The fraction of sp³-hybridized carbons (Fsp3) is 0.333. The topological polar surface area (TPSA) is 84.0 Å². The molecule has 0 bridgehead atoms.